The van der Waals surface area contributed by atoms with Crippen LogP contribution in [0, 0.1) is 5.92 Å². The zero-order valence-electron chi connectivity index (χ0n) is 15.9. The van der Waals surface area contributed by atoms with Crippen molar-refractivity contribution in [2.45, 2.75) is 64.9 Å². The number of ether oxygens (including phenoxy) is 1. The monoisotopic (exact) mass is 364 g/mol. The second-order valence-electron chi connectivity index (χ2n) is 6.86. The molecule has 146 valence electrons. The summed E-state index contributed by atoms with van der Waals surface area (Å²) in [5, 5.41) is 18.8. The predicted molar refractivity (Wildman–Crippen MR) is 101 cm³/mol. The Morgan fingerprint density at radius 3 is 2.31 bits per heavy atom. The van der Waals surface area contributed by atoms with E-state index in [2.05, 4.69) is 0 Å². The molecule has 1 aromatic rings. The van der Waals surface area contributed by atoms with Crippen molar-refractivity contribution in [2.75, 3.05) is 13.2 Å². The number of benzene rings is 1. The Hall–Kier alpha value is -1.72. The molecule has 0 spiro atoms. The Kier molecular flexibility index (Phi) is 10.8. The van der Waals surface area contributed by atoms with Gasteiger partial charge in [0.2, 0.25) is 0 Å². The highest BCUT2D eigenvalue weighted by Crippen LogP contribution is 2.19. The standard InChI is InChI=1S/C21H32O5/c1-3-14-26-15-20(23)9-5-8-18(16(2)22)7-4-6-17-10-12-19(13-11-17)21(24)25/h10-13,18,20,23H,3-9,14-15H2,1-2H3,(H,24,25). The second-order valence-corrected chi connectivity index (χ2v) is 6.86. The molecule has 0 saturated carbocycles. The van der Waals surface area contributed by atoms with Gasteiger partial charge in [0.1, 0.15) is 5.78 Å². The number of hydrogen-bond donors (Lipinski definition) is 2. The van der Waals surface area contributed by atoms with Crippen LogP contribution in [0.1, 0.15) is 68.3 Å². The quantitative estimate of drug-likeness (QED) is 0.490. The molecule has 0 fully saturated rings. The minimum Gasteiger partial charge on any atom is -0.478 e. The van der Waals surface area contributed by atoms with Crippen molar-refractivity contribution in [2.24, 2.45) is 5.92 Å². The van der Waals surface area contributed by atoms with E-state index in [0.29, 0.717) is 19.6 Å². The lowest BCUT2D eigenvalue weighted by molar-refractivity contribution is -0.121. The fraction of sp³-hybridized carbons (Fsp3) is 0.619. The van der Waals surface area contributed by atoms with Gasteiger partial charge in [0.05, 0.1) is 18.3 Å². The third-order valence-corrected chi connectivity index (χ3v) is 4.54. The van der Waals surface area contributed by atoms with E-state index in [4.69, 9.17) is 9.84 Å². The first kappa shape index (κ1) is 22.3. The Labute approximate surface area is 156 Å². The minimum absolute atomic E-state index is 0.0250. The summed E-state index contributed by atoms with van der Waals surface area (Å²) in [5.41, 5.74) is 1.37. The molecule has 0 radical (unpaired) electrons. The van der Waals surface area contributed by atoms with E-state index in [1.165, 1.54) is 0 Å². The van der Waals surface area contributed by atoms with Gasteiger partial charge in [0, 0.05) is 12.5 Å². The van der Waals surface area contributed by atoms with Crippen molar-refractivity contribution in [1.29, 1.82) is 0 Å². The number of ketones is 1. The Morgan fingerprint density at radius 1 is 1.08 bits per heavy atom. The highest BCUT2D eigenvalue weighted by Gasteiger charge is 2.15. The first-order valence-corrected chi connectivity index (χ1v) is 9.52. The number of aromatic carboxylic acids is 1. The number of hydrogen-bond acceptors (Lipinski definition) is 4. The van der Waals surface area contributed by atoms with Crippen LogP contribution in [0.3, 0.4) is 0 Å². The molecule has 0 aliphatic rings. The van der Waals surface area contributed by atoms with Gasteiger partial charge in [0.15, 0.2) is 0 Å². The van der Waals surface area contributed by atoms with E-state index in [0.717, 1.165) is 44.1 Å². The van der Waals surface area contributed by atoms with Crippen LogP contribution in [-0.4, -0.2) is 41.3 Å². The molecular weight excluding hydrogens is 332 g/mol. The number of aliphatic hydroxyl groups is 1. The zero-order valence-corrected chi connectivity index (χ0v) is 15.9. The van der Waals surface area contributed by atoms with Crippen LogP contribution < -0.4 is 0 Å². The van der Waals surface area contributed by atoms with E-state index < -0.39 is 12.1 Å². The molecule has 0 amide bonds. The molecule has 26 heavy (non-hydrogen) atoms. The third-order valence-electron chi connectivity index (χ3n) is 4.54. The van der Waals surface area contributed by atoms with Crippen LogP contribution in [0.2, 0.25) is 0 Å². The maximum absolute atomic E-state index is 11.8. The Balaban J connectivity index is 2.30. The highest BCUT2D eigenvalue weighted by molar-refractivity contribution is 5.87. The number of aliphatic hydroxyl groups excluding tert-OH is 1. The van der Waals surface area contributed by atoms with Crippen LogP contribution in [0.5, 0.6) is 0 Å². The van der Waals surface area contributed by atoms with E-state index in [1.807, 2.05) is 19.1 Å². The summed E-state index contributed by atoms with van der Waals surface area (Å²) in [6.45, 7) is 4.70. The molecule has 0 aliphatic carbocycles. The average molecular weight is 364 g/mol. The smallest absolute Gasteiger partial charge is 0.335 e. The number of aryl methyl sites for hydroxylation is 1. The van der Waals surface area contributed by atoms with Gasteiger partial charge < -0.3 is 14.9 Å². The summed E-state index contributed by atoms with van der Waals surface area (Å²) in [6.07, 6.45) is 5.28. The summed E-state index contributed by atoms with van der Waals surface area (Å²) in [4.78, 5) is 22.7. The normalized spacial score (nSPS) is 13.3. The molecule has 1 aromatic carbocycles. The SMILES string of the molecule is CCCOCC(O)CCCC(CCCc1ccc(C(=O)O)cc1)C(C)=O. The van der Waals surface area contributed by atoms with Gasteiger partial charge in [-0.15, -0.1) is 0 Å². The van der Waals surface area contributed by atoms with Crippen LogP contribution in [0.4, 0.5) is 0 Å². The van der Waals surface area contributed by atoms with Gasteiger partial charge in [-0.1, -0.05) is 25.5 Å². The highest BCUT2D eigenvalue weighted by atomic mass is 16.5. The summed E-state index contributed by atoms with van der Waals surface area (Å²) < 4.78 is 5.33. The first-order chi connectivity index (χ1) is 12.4. The van der Waals surface area contributed by atoms with E-state index in [9.17, 15) is 14.7 Å². The average Bonchev–Trinajstić information content (AvgIpc) is 2.61. The van der Waals surface area contributed by atoms with Gasteiger partial charge in [-0.3, -0.25) is 4.79 Å². The van der Waals surface area contributed by atoms with Gasteiger partial charge in [-0.2, -0.15) is 0 Å². The summed E-state index contributed by atoms with van der Waals surface area (Å²) in [6, 6.07) is 6.89. The fourth-order valence-corrected chi connectivity index (χ4v) is 2.96. The molecule has 0 bridgehead atoms. The van der Waals surface area contributed by atoms with Crippen LogP contribution >= 0.6 is 0 Å². The van der Waals surface area contributed by atoms with Crippen molar-refractivity contribution in [3.8, 4) is 0 Å². The van der Waals surface area contributed by atoms with Crippen molar-refractivity contribution in [1.82, 2.24) is 0 Å². The summed E-state index contributed by atoms with van der Waals surface area (Å²) in [7, 11) is 0. The number of carbonyl (C=O) groups excluding carboxylic acids is 1. The summed E-state index contributed by atoms with van der Waals surface area (Å²) >= 11 is 0. The Bertz CT molecular complexity index is 538. The van der Waals surface area contributed by atoms with Gasteiger partial charge in [-0.05, 0) is 63.1 Å². The van der Waals surface area contributed by atoms with Gasteiger partial charge >= 0.3 is 5.97 Å². The number of rotatable bonds is 14. The number of carboxylic acid groups (broad SMARTS) is 1. The van der Waals surface area contributed by atoms with E-state index in [1.54, 1.807) is 19.1 Å². The molecule has 0 aliphatic heterocycles. The molecule has 1 rings (SSSR count). The lowest BCUT2D eigenvalue weighted by atomic mass is 9.91. The molecule has 2 unspecified atom stereocenters. The molecule has 2 N–H and O–H groups in total. The Morgan fingerprint density at radius 2 is 1.73 bits per heavy atom. The molecule has 0 aromatic heterocycles. The van der Waals surface area contributed by atoms with Crippen molar-refractivity contribution < 1.29 is 24.5 Å². The van der Waals surface area contributed by atoms with E-state index >= 15 is 0 Å². The van der Waals surface area contributed by atoms with Crippen LogP contribution in [0.25, 0.3) is 0 Å². The van der Waals surface area contributed by atoms with E-state index in [-0.39, 0.29) is 17.3 Å². The number of carboxylic acids is 1. The van der Waals surface area contributed by atoms with Crippen molar-refractivity contribution in [3.63, 3.8) is 0 Å². The number of Topliss-reactive ketones (excluding diaryl/α,β-unsaturated/α-hetero) is 1. The fourth-order valence-electron chi connectivity index (χ4n) is 2.96. The third kappa shape index (κ3) is 9.11. The minimum atomic E-state index is -0.921. The topological polar surface area (TPSA) is 83.8 Å². The van der Waals surface area contributed by atoms with Crippen molar-refractivity contribution >= 4 is 11.8 Å². The van der Waals surface area contributed by atoms with Crippen LogP contribution in [-0.2, 0) is 16.0 Å². The lowest BCUT2D eigenvalue weighted by Crippen LogP contribution is -2.17. The van der Waals surface area contributed by atoms with Crippen LogP contribution in [0.15, 0.2) is 24.3 Å². The number of carbonyl (C=O) groups is 2. The first-order valence-electron chi connectivity index (χ1n) is 9.52. The molecule has 0 saturated heterocycles. The molecular formula is C21H32O5. The largest absolute Gasteiger partial charge is 0.478 e. The van der Waals surface area contributed by atoms with Crippen molar-refractivity contribution in [3.05, 3.63) is 35.4 Å². The maximum atomic E-state index is 11.8. The summed E-state index contributed by atoms with van der Waals surface area (Å²) in [5.74, 6) is -0.699. The lowest BCUT2D eigenvalue weighted by Gasteiger charge is -2.15. The molecule has 0 heterocycles. The second kappa shape index (κ2) is 12.6. The molecule has 2 atom stereocenters. The molecule has 5 nitrogen and oxygen atoms in total. The maximum Gasteiger partial charge on any atom is 0.335 e. The molecule has 5 heteroatoms. The van der Waals surface area contributed by atoms with Gasteiger partial charge in [0.25, 0.3) is 0 Å². The predicted octanol–water partition coefficient (Wildman–Crippen LogP) is 3.87. The zero-order chi connectivity index (χ0) is 19.4. The van der Waals surface area contributed by atoms with Gasteiger partial charge in [-0.25, -0.2) is 4.79 Å².